The number of aryl methyl sites for hydroxylation is 1. The Bertz CT molecular complexity index is 1140. The highest BCUT2D eigenvalue weighted by Gasteiger charge is 2.15. The van der Waals surface area contributed by atoms with Gasteiger partial charge in [-0.25, -0.2) is 4.98 Å². The van der Waals surface area contributed by atoms with E-state index >= 15 is 0 Å². The number of nitrogens with zero attached hydrogens (tertiary/aromatic N) is 1. The molecule has 0 aliphatic heterocycles. The van der Waals surface area contributed by atoms with Crippen molar-refractivity contribution in [3.63, 3.8) is 0 Å². The number of para-hydroxylation sites is 1. The second-order valence-electron chi connectivity index (χ2n) is 6.53. The van der Waals surface area contributed by atoms with E-state index in [1.54, 1.807) is 31.2 Å². The van der Waals surface area contributed by atoms with Crippen LogP contribution >= 0.6 is 22.9 Å². The zero-order valence-electron chi connectivity index (χ0n) is 15.1. The number of carbonyl (C=O) groups is 1. The normalized spacial score (nSPS) is 10.9. The van der Waals surface area contributed by atoms with Crippen LogP contribution in [0.15, 0.2) is 60.7 Å². The molecule has 0 unspecified atom stereocenters. The Morgan fingerprint density at radius 2 is 1.89 bits per heavy atom. The number of benzene rings is 3. The number of hydrogen-bond donors (Lipinski definition) is 2. The first-order valence-electron chi connectivity index (χ1n) is 8.73. The highest BCUT2D eigenvalue weighted by Crippen LogP contribution is 2.38. The van der Waals surface area contributed by atoms with Gasteiger partial charge in [0.05, 0.1) is 22.2 Å². The SMILES string of the molecule is Cc1cc(NC(=O)Cc2ccc(Cl)cc2)cc(-c2nc3ccccc3s2)c1O. The van der Waals surface area contributed by atoms with Gasteiger partial charge in [-0.3, -0.25) is 4.79 Å². The third kappa shape index (κ3) is 3.86. The highest BCUT2D eigenvalue weighted by molar-refractivity contribution is 7.21. The number of hydrogen-bond acceptors (Lipinski definition) is 4. The molecule has 0 fully saturated rings. The average Bonchev–Trinajstić information content (AvgIpc) is 3.10. The molecule has 3 aromatic carbocycles. The van der Waals surface area contributed by atoms with Crippen molar-refractivity contribution < 1.29 is 9.90 Å². The summed E-state index contributed by atoms with van der Waals surface area (Å²) in [5, 5.41) is 14.8. The van der Waals surface area contributed by atoms with Crippen molar-refractivity contribution in [1.29, 1.82) is 0 Å². The average molecular weight is 409 g/mol. The van der Waals surface area contributed by atoms with E-state index in [0.717, 1.165) is 20.8 Å². The summed E-state index contributed by atoms with van der Waals surface area (Å²) in [6.07, 6.45) is 0.244. The van der Waals surface area contributed by atoms with Crippen LogP contribution in [0.5, 0.6) is 5.75 Å². The number of nitrogens with one attached hydrogen (secondary N) is 1. The van der Waals surface area contributed by atoms with Crippen molar-refractivity contribution in [3.05, 3.63) is 76.8 Å². The van der Waals surface area contributed by atoms with Gasteiger partial charge in [-0.2, -0.15) is 0 Å². The van der Waals surface area contributed by atoms with Gasteiger partial charge >= 0.3 is 0 Å². The summed E-state index contributed by atoms with van der Waals surface area (Å²) < 4.78 is 1.05. The number of amides is 1. The zero-order valence-corrected chi connectivity index (χ0v) is 16.6. The van der Waals surface area contributed by atoms with Crippen LogP contribution in [0.1, 0.15) is 11.1 Å². The third-order valence-corrected chi connectivity index (χ3v) is 5.71. The number of rotatable bonds is 4. The molecular weight excluding hydrogens is 392 g/mol. The predicted octanol–water partition coefficient (Wildman–Crippen LogP) is 5.81. The molecule has 140 valence electrons. The lowest BCUT2D eigenvalue weighted by molar-refractivity contribution is -0.115. The van der Waals surface area contributed by atoms with Crippen molar-refractivity contribution in [2.24, 2.45) is 0 Å². The van der Waals surface area contributed by atoms with Crippen LogP contribution in [-0.2, 0) is 11.2 Å². The number of aromatic hydroxyl groups is 1. The predicted molar refractivity (Wildman–Crippen MR) is 115 cm³/mol. The second-order valence-corrected chi connectivity index (χ2v) is 7.99. The molecule has 2 N–H and O–H groups in total. The highest BCUT2D eigenvalue weighted by atomic mass is 35.5. The Kier molecular flexibility index (Phi) is 5.03. The molecule has 0 spiro atoms. The smallest absolute Gasteiger partial charge is 0.228 e. The van der Waals surface area contributed by atoms with E-state index in [1.165, 1.54) is 11.3 Å². The number of thiazole rings is 1. The van der Waals surface area contributed by atoms with Gasteiger partial charge in [0.15, 0.2) is 0 Å². The minimum Gasteiger partial charge on any atom is -0.507 e. The summed E-state index contributed by atoms with van der Waals surface area (Å²) in [5.74, 6) is 0.0393. The zero-order chi connectivity index (χ0) is 19.7. The maximum atomic E-state index is 12.4. The molecule has 0 saturated heterocycles. The van der Waals surface area contributed by atoms with Crippen LogP contribution in [0.2, 0.25) is 5.02 Å². The van der Waals surface area contributed by atoms with Gasteiger partial charge in [-0.15, -0.1) is 11.3 Å². The third-order valence-electron chi connectivity index (χ3n) is 4.39. The number of carbonyl (C=O) groups excluding carboxylic acids is 1. The van der Waals surface area contributed by atoms with Gasteiger partial charge in [0.1, 0.15) is 10.8 Å². The van der Waals surface area contributed by atoms with Crippen LogP contribution in [-0.4, -0.2) is 16.0 Å². The Morgan fingerprint density at radius 3 is 2.64 bits per heavy atom. The van der Waals surface area contributed by atoms with Crippen LogP contribution in [0, 0.1) is 6.92 Å². The monoisotopic (exact) mass is 408 g/mol. The van der Waals surface area contributed by atoms with Crippen LogP contribution in [0.25, 0.3) is 20.8 Å². The van der Waals surface area contributed by atoms with Gasteiger partial charge in [0, 0.05) is 10.7 Å². The standard InChI is InChI=1S/C22H17ClN2O2S/c1-13-10-16(24-20(26)11-14-6-8-15(23)9-7-14)12-17(21(13)27)22-25-18-4-2-3-5-19(18)28-22/h2-10,12,27H,11H2,1H3,(H,24,26). The molecule has 1 heterocycles. The number of fused-ring (bicyclic) bond motifs is 1. The van der Waals surface area contributed by atoms with Crippen molar-refractivity contribution in [1.82, 2.24) is 4.98 Å². The molecule has 6 heteroatoms. The van der Waals surface area contributed by atoms with Crippen LogP contribution in [0.3, 0.4) is 0 Å². The molecule has 0 aliphatic carbocycles. The number of halogens is 1. The molecule has 0 atom stereocenters. The minimum absolute atomic E-state index is 0.136. The number of anilines is 1. The Labute approximate surface area is 171 Å². The summed E-state index contributed by atoms with van der Waals surface area (Å²) in [4.78, 5) is 17.0. The quantitative estimate of drug-likeness (QED) is 0.419. The van der Waals surface area contributed by atoms with Crippen molar-refractivity contribution in [3.8, 4) is 16.3 Å². The van der Waals surface area contributed by atoms with Gasteiger partial charge in [-0.1, -0.05) is 35.9 Å². The van der Waals surface area contributed by atoms with Crippen molar-refractivity contribution in [2.45, 2.75) is 13.3 Å². The lowest BCUT2D eigenvalue weighted by Gasteiger charge is -2.11. The number of phenols is 1. The summed E-state index contributed by atoms with van der Waals surface area (Å²) in [6.45, 7) is 1.81. The van der Waals surface area contributed by atoms with Gasteiger partial charge in [0.2, 0.25) is 5.91 Å². The summed E-state index contributed by atoms with van der Waals surface area (Å²) >= 11 is 7.39. The molecular formula is C22H17ClN2O2S. The second kappa shape index (κ2) is 7.62. The summed E-state index contributed by atoms with van der Waals surface area (Å²) in [5.41, 5.74) is 3.69. The van der Waals surface area contributed by atoms with E-state index in [4.69, 9.17) is 11.6 Å². The summed E-state index contributed by atoms with van der Waals surface area (Å²) in [7, 11) is 0. The van der Waals surface area contributed by atoms with E-state index in [0.29, 0.717) is 21.8 Å². The molecule has 0 aliphatic rings. The first-order chi connectivity index (χ1) is 13.5. The molecule has 1 amide bonds. The molecule has 4 aromatic rings. The maximum absolute atomic E-state index is 12.4. The van der Waals surface area contributed by atoms with E-state index in [9.17, 15) is 9.90 Å². The molecule has 0 bridgehead atoms. The van der Waals surface area contributed by atoms with Crippen LogP contribution in [0.4, 0.5) is 5.69 Å². The first-order valence-corrected chi connectivity index (χ1v) is 9.93. The molecule has 0 radical (unpaired) electrons. The maximum Gasteiger partial charge on any atom is 0.228 e. The number of phenolic OH excluding ortho intramolecular Hbond substituents is 1. The first kappa shape index (κ1) is 18.5. The molecule has 28 heavy (non-hydrogen) atoms. The molecule has 4 rings (SSSR count). The van der Waals surface area contributed by atoms with Crippen molar-refractivity contribution >= 4 is 44.7 Å². The van der Waals surface area contributed by atoms with E-state index < -0.39 is 0 Å². The Hall–Kier alpha value is -2.89. The molecule has 0 saturated carbocycles. The number of aromatic nitrogens is 1. The fourth-order valence-corrected chi connectivity index (χ4v) is 4.10. The van der Waals surface area contributed by atoms with Gasteiger partial charge in [0.25, 0.3) is 0 Å². The lowest BCUT2D eigenvalue weighted by atomic mass is 10.1. The largest absolute Gasteiger partial charge is 0.507 e. The molecule has 4 nitrogen and oxygen atoms in total. The van der Waals surface area contributed by atoms with Crippen molar-refractivity contribution in [2.75, 3.05) is 5.32 Å². The fraction of sp³-hybridized carbons (Fsp3) is 0.0909. The van der Waals surface area contributed by atoms with E-state index in [1.807, 2.05) is 36.4 Å². The Balaban J connectivity index is 1.61. The fourth-order valence-electron chi connectivity index (χ4n) is 3.00. The van der Waals surface area contributed by atoms with Crippen LogP contribution < -0.4 is 5.32 Å². The minimum atomic E-state index is -0.136. The topological polar surface area (TPSA) is 62.2 Å². The lowest BCUT2D eigenvalue weighted by Crippen LogP contribution is -2.14. The van der Waals surface area contributed by atoms with E-state index in [-0.39, 0.29) is 18.1 Å². The summed E-state index contributed by atoms with van der Waals surface area (Å²) in [6, 6.07) is 18.5. The van der Waals surface area contributed by atoms with Gasteiger partial charge < -0.3 is 10.4 Å². The molecule has 1 aromatic heterocycles. The Morgan fingerprint density at radius 1 is 1.14 bits per heavy atom. The van der Waals surface area contributed by atoms with Gasteiger partial charge in [-0.05, 0) is 54.4 Å². The van der Waals surface area contributed by atoms with E-state index in [2.05, 4.69) is 10.3 Å².